The predicted octanol–water partition coefficient (Wildman–Crippen LogP) is 5.79. The third-order valence-corrected chi connectivity index (χ3v) is 8.06. The zero-order chi connectivity index (χ0) is 23.1. The molecule has 0 aliphatic heterocycles. The Kier molecular flexibility index (Phi) is 7.32. The summed E-state index contributed by atoms with van der Waals surface area (Å²) in [6.07, 6.45) is -4.78. The lowest BCUT2D eigenvalue weighted by molar-refractivity contribution is -0.136. The fourth-order valence-corrected chi connectivity index (χ4v) is 6.26. The average Bonchev–Trinajstić information content (AvgIpc) is 2.86. The van der Waals surface area contributed by atoms with Gasteiger partial charge in [0.05, 0.1) is 17.1 Å². The maximum Gasteiger partial charge on any atom is 0.400 e. The molecule has 15 heteroatoms. The molecule has 1 atom stereocenters. The molecule has 0 radical (unpaired) electrons. The fraction of sp³-hybridized carbons (Fsp3) is 0.467. The molecule has 3 N–H and O–H groups in total. The quantitative estimate of drug-likeness (QED) is 0.215. The average molecular weight is 560 g/mol. The van der Waals surface area contributed by atoms with Gasteiger partial charge in [-0.25, -0.2) is 4.21 Å². The van der Waals surface area contributed by atoms with Crippen molar-refractivity contribution in [3.63, 3.8) is 0 Å². The molecule has 1 aromatic carbocycles. The highest BCUT2D eigenvalue weighted by atomic mass is 79.9. The minimum Gasteiger partial charge on any atom is -0.492 e. The molecule has 0 aliphatic rings. The largest absolute Gasteiger partial charge is 0.492 e. The molecule has 170 valence electrons. The topological polar surface area (TPSA) is 108 Å². The van der Waals surface area contributed by atoms with E-state index in [1.807, 2.05) is 0 Å². The van der Waals surface area contributed by atoms with Crippen LogP contribution in [0, 0.1) is 4.78 Å². The molecule has 0 spiro atoms. The maximum atomic E-state index is 14.3. The van der Waals surface area contributed by atoms with Gasteiger partial charge in [-0.05, 0) is 40.0 Å². The van der Waals surface area contributed by atoms with Gasteiger partial charge in [0, 0.05) is 32.3 Å². The standard InChI is InChI=1S/C15H16BrF5NO5PS2/c1-30(22,26)7-8-5-9-11(16)13(15(20,21)28(23,24)25)29-12(9)10(6-8)27-4-2-3-14(17,18)19/h5-6,22H,2-4,7H2,1H3,(H2,23,24,25). The molecule has 2 rings (SSSR count). The van der Waals surface area contributed by atoms with E-state index in [1.165, 1.54) is 12.1 Å². The number of alkyl halides is 5. The Morgan fingerprint density at radius 3 is 2.37 bits per heavy atom. The lowest BCUT2D eigenvalue weighted by Crippen LogP contribution is -2.12. The number of benzene rings is 1. The van der Waals surface area contributed by atoms with Crippen molar-refractivity contribution < 1.29 is 45.2 Å². The smallest absolute Gasteiger partial charge is 0.400 e. The SMILES string of the molecule is CS(=N)(=O)Cc1cc(OCCCC(F)(F)F)c2sc(C(F)(F)P(=O)(O)O)c(Br)c2c1. The van der Waals surface area contributed by atoms with Gasteiger partial charge >= 0.3 is 19.4 Å². The first-order valence-electron chi connectivity index (χ1n) is 8.02. The van der Waals surface area contributed by atoms with Crippen molar-refractivity contribution in [2.24, 2.45) is 0 Å². The lowest BCUT2D eigenvalue weighted by Gasteiger charge is -2.16. The molecule has 1 unspecified atom stereocenters. The molecule has 30 heavy (non-hydrogen) atoms. The number of ether oxygens (including phenoxy) is 1. The van der Waals surface area contributed by atoms with Crippen LogP contribution in [0.15, 0.2) is 16.6 Å². The first kappa shape index (κ1) is 25.5. The van der Waals surface area contributed by atoms with Gasteiger partial charge in [0.15, 0.2) is 0 Å². The molecule has 0 amide bonds. The second-order valence-corrected chi connectivity index (χ2v) is 12.3. The Balaban J connectivity index is 2.56. The van der Waals surface area contributed by atoms with E-state index < -0.39 is 53.5 Å². The normalized spacial score (nSPS) is 15.4. The molecular formula is C15H16BrF5NO5PS2. The van der Waals surface area contributed by atoms with Crippen LogP contribution in [0.4, 0.5) is 22.0 Å². The van der Waals surface area contributed by atoms with Gasteiger partial charge in [-0.15, -0.1) is 11.3 Å². The number of rotatable bonds is 8. The molecule has 0 bridgehead atoms. The summed E-state index contributed by atoms with van der Waals surface area (Å²) in [6.45, 7) is -0.403. The Labute approximate surface area is 180 Å². The van der Waals surface area contributed by atoms with E-state index in [9.17, 15) is 30.7 Å². The van der Waals surface area contributed by atoms with E-state index in [-0.39, 0.29) is 31.6 Å². The number of nitrogens with one attached hydrogen (secondary N) is 1. The first-order valence-corrected chi connectivity index (χ1v) is 13.4. The Morgan fingerprint density at radius 1 is 1.27 bits per heavy atom. The van der Waals surface area contributed by atoms with E-state index in [0.29, 0.717) is 11.3 Å². The van der Waals surface area contributed by atoms with E-state index >= 15 is 0 Å². The van der Waals surface area contributed by atoms with Crippen LogP contribution in [-0.4, -0.2) is 33.0 Å². The van der Waals surface area contributed by atoms with Crippen LogP contribution >= 0.6 is 34.9 Å². The molecule has 2 aromatic rings. The van der Waals surface area contributed by atoms with Gasteiger partial charge in [0.2, 0.25) is 0 Å². The number of thiophene rings is 1. The number of fused-ring (bicyclic) bond motifs is 1. The molecule has 0 aliphatic carbocycles. The minimum atomic E-state index is -5.87. The third-order valence-electron chi connectivity index (χ3n) is 3.70. The summed E-state index contributed by atoms with van der Waals surface area (Å²) in [4.78, 5) is 17.1. The van der Waals surface area contributed by atoms with Crippen LogP contribution in [0.1, 0.15) is 23.3 Å². The fourth-order valence-electron chi connectivity index (χ4n) is 2.49. The van der Waals surface area contributed by atoms with Crippen LogP contribution in [-0.2, 0) is 25.7 Å². The van der Waals surface area contributed by atoms with Crippen molar-refractivity contribution in [1.29, 1.82) is 4.78 Å². The summed E-state index contributed by atoms with van der Waals surface area (Å²) < 4.78 is 101. The molecule has 1 aromatic heterocycles. The minimum absolute atomic E-state index is 0.0216. The van der Waals surface area contributed by atoms with Crippen LogP contribution in [0.2, 0.25) is 0 Å². The Bertz CT molecular complexity index is 1100. The van der Waals surface area contributed by atoms with Gasteiger partial charge in [-0.1, -0.05) is 0 Å². The van der Waals surface area contributed by atoms with Gasteiger partial charge in [0.25, 0.3) is 0 Å². The molecular weight excluding hydrogens is 544 g/mol. The molecule has 0 saturated carbocycles. The summed E-state index contributed by atoms with van der Waals surface area (Å²) in [5.41, 5.74) is -4.28. The van der Waals surface area contributed by atoms with Crippen LogP contribution in [0.5, 0.6) is 5.75 Å². The van der Waals surface area contributed by atoms with E-state index in [2.05, 4.69) is 15.9 Å². The van der Waals surface area contributed by atoms with Gasteiger partial charge < -0.3 is 14.5 Å². The second kappa shape index (κ2) is 8.62. The summed E-state index contributed by atoms with van der Waals surface area (Å²) >= 11 is 3.22. The number of halogens is 6. The molecule has 6 nitrogen and oxygen atoms in total. The number of hydrogen-bond donors (Lipinski definition) is 3. The zero-order valence-electron chi connectivity index (χ0n) is 15.1. The number of hydrogen-bond acceptors (Lipinski definition) is 5. The van der Waals surface area contributed by atoms with Gasteiger partial charge in [-0.3, -0.25) is 9.34 Å². The van der Waals surface area contributed by atoms with E-state index in [0.717, 1.165) is 6.26 Å². The summed E-state index contributed by atoms with van der Waals surface area (Å²) in [7, 11) is -8.93. The molecule has 0 fully saturated rings. The highest BCUT2D eigenvalue weighted by Crippen LogP contribution is 2.63. The van der Waals surface area contributed by atoms with Crippen LogP contribution in [0.25, 0.3) is 10.1 Å². The second-order valence-electron chi connectivity index (χ2n) is 6.52. The van der Waals surface area contributed by atoms with Crippen molar-refractivity contribution in [3.05, 3.63) is 27.0 Å². The Hall–Kier alpha value is -0.790. The van der Waals surface area contributed by atoms with Crippen molar-refractivity contribution in [2.45, 2.75) is 30.4 Å². The lowest BCUT2D eigenvalue weighted by atomic mass is 10.1. The van der Waals surface area contributed by atoms with Crippen molar-refractivity contribution in [2.75, 3.05) is 12.9 Å². The maximum absolute atomic E-state index is 14.3. The van der Waals surface area contributed by atoms with Crippen molar-refractivity contribution in [3.8, 4) is 5.75 Å². The van der Waals surface area contributed by atoms with E-state index in [4.69, 9.17) is 19.3 Å². The highest BCUT2D eigenvalue weighted by Gasteiger charge is 2.53. The van der Waals surface area contributed by atoms with Crippen molar-refractivity contribution in [1.82, 2.24) is 0 Å². The third kappa shape index (κ3) is 6.13. The van der Waals surface area contributed by atoms with E-state index in [1.54, 1.807) is 0 Å². The Morgan fingerprint density at radius 2 is 1.87 bits per heavy atom. The van der Waals surface area contributed by atoms with Gasteiger partial charge in [-0.2, -0.15) is 22.0 Å². The molecule has 1 heterocycles. The van der Waals surface area contributed by atoms with Crippen molar-refractivity contribution >= 4 is 54.7 Å². The highest BCUT2D eigenvalue weighted by molar-refractivity contribution is 9.10. The molecule has 0 saturated heterocycles. The van der Waals surface area contributed by atoms with Gasteiger partial charge in [0.1, 0.15) is 10.6 Å². The first-order chi connectivity index (χ1) is 13.4. The predicted molar refractivity (Wildman–Crippen MR) is 107 cm³/mol. The monoisotopic (exact) mass is 559 g/mol. The van der Waals surface area contributed by atoms with Crippen LogP contribution in [0.3, 0.4) is 0 Å². The zero-order valence-corrected chi connectivity index (χ0v) is 19.2. The summed E-state index contributed by atoms with van der Waals surface area (Å²) in [6, 6.07) is 2.59. The summed E-state index contributed by atoms with van der Waals surface area (Å²) in [5.74, 6) is -0.388. The van der Waals surface area contributed by atoms with Crippen LogP contribution < -0.4 is 4.74 Å². The summed E-state index contributed by atoms with van der Waals surface area (Å²) in [5, 5.41) is 0.0510.